The van der Waals surface area contributed by atoms with E-state index in [1.807, 2.05) is 0 Å². The Labute approximate surface area is 118 Å². The molecule has 2 rings (SSSR count). The van der Waals surface area contributed by atoms with Gasteiger partial charge in [0.1, 0.15) is 6.04 Å². The highest BCUT2D eigenvalue weighted by Gasteiger charge is 2.43. The van der Waals surface area contributed by atoms with Crippen LogP contribution in [-0.4, -0.2) is 39.1 Å². The molecule has 0 radical (unpaired) electrons. The van der Waals surface area contributed by atoms with Crippen LogP contribution in [0.4, 0.5) is 0 Å². The Morgan fingerprint density at radius 3 is 2.53 bits per heavy atom. The lowest BCUT2D eigenvalue weighted by molar-refractivity contribution is -0.151. The molecule has 1 heterocycles. The van der Waals surface area contributed by atoms with Crippen molar-refractivity contribution in [1.82, 2.24) is 4.90 Å². The van der Waals surface area contributed by atoms with Crippen molar-refractivity contribution in [3.05, 3.63) is 0 Å². The fraction of sp³-hybridized carbons (Fsp3) is 0.857. The Morgan fingerprint density at radius 2 is 1.95 bits per heavy atom. The molecule has 4 nitrogen and oxygen atoms in total. The van der Waals surface area contributed by atoms with Gasteiger partial charge in [-0.1, -0.05) is 32.6 Å². The first-order valence-corrected chi connectivity index (χ1v) is 8.36. The summed E-state index contributed by atoms with van der Waals surface area (Å²) in [5.41, 5.74) is 0. The number of hydrogen-bond acceptors (Lipinski definition) is 3. The highest BCUT2D eigenvalue weighted by molar-refractivity contribution is 8.00. The second-order valence-corrected chi connectivity index (χ2v) is 6.72. The molecule has 2 atom stereocenters. The van der Waals surface area contributed by atoms with Crippen molar-refractivity contribution < 1.29 is 14.7 Å². The number of rotatable bonds is 4. The molecule has 0 aromatic heterocycles. The summed E-state index contributed by atoms with van der Waals surface area (Å²) in [7, 11) is 0. The molecular formula is C14H23NO3S. The maximum Gasteiger partial charge on any atom is 0.327 e. The Bertz CT molecular complexity index is 342. The van der Waals surface area contributed by atoms with Crippen LogP contribution in [0.2, 0.25) is 0 Å². The van der Waals surface area contributed by atoms with Crippen molar-refractivity contribution in [3.63, 3.8) is 0 Å². The van der Waals surface area contributed by atoms with E-state index in [2.05, 4.69) is 6.92 Å². The van der Waals surface area contributed by atoms with Gasteiger partial charge in [-0.2, -0.15) is 0 Å². The third kappa shape index (κ3) is 3.25. The fourth-order valence-electron chi connectivity index (χ4n) is 3.08. The molecule has 108 valence electrons. The number of nitrogens with zero attached hydrogens (tertiary/aromatic N) is 1. The van der Waals surface area contributed by atoms with E-state index in [4.69, 9.17) is 0 Å². The Morgan fingerprint density at radius 1 is 1.26 bits per heavy atom. The second-order valence-electron chi connectivity index (χ2n) is 5.51. The fourth-order valence-corrected chi connectivity index (χ4v) is 4.60. The van der Waals surface area contributed by atoms with Gasteiger partial charge in [0.15, 0.2) is 0 Å². The summed E-state index contributed by atoms with van der Waals surface area (Å²) < 4.78 is 0. The number of carboxylic acid groups (broad SMARTS) is 1. The number of hydrogen-bond donors (Lipinski definition) is 1. The van der Waals surface area contributed by atoms with Crippen LogP contribution in [0.1, 0.15) is 51.9 Å². The highest BCUT2D eigenvalue weighted by atomic mass is 32.2. The molecule has 2 aliphatic rings. The van der Waals surface area contributed by atoms with E-state index in [9.17, 15) is 14.7 Å². The molecule has 1 amide bonds. The lowest BCUT2D eigenvalue weighted by Gasteiger charge is -2.32. The molecule has 19 heavy (non-hydrogen) atoms. The number of amides is 1. The Hall–Kier alpha value is -0.710. The van der Waals surface area contributed by atoms with Crippen LogP contribution in [0.25, 0.3) is 0 Å². The van der Waals surface area contributed by atoms with Gasteiger partial charge in [-0.15, -0.1) is 11.8 Å². The van der Waals surface area contributed by atoms with Gasteiger partial charge in [0.05, 0.1) is 5.37 Å². The lowest BCUT2D eigenvalue weighted by Crippen LogP contribution is -2.48. The molecule has 5 heteroatoms. The molecule has 0 bridgehead atoms. The minimum absolute atomic E-state index is 0.0636. The summed E-state index contributed by atoms with van der Waals surface area (Å²) in [6, 6.07) is -0.615. The summed E-state index contributed by atoms with van der Waals surface area (Å²) >= 11 is 1.63. The van der Waals surface area contributed by atoms with Crippen molar-refractivity contribution in [2.24, 2.45) is 5.92 Å². The topological polar surface area (TPSA) is 57.6 Å². The van der Waals surface area contributed by atoms with Crippen LogP contribution in [0.3, 0.4) is 0 Å². The third-order valence-electron chi connectivity index (χ3n) is 4.12. The van der Waals surface area contributed by atoms with Gasteiger partial charge in [-0.05, 0) is 19.3 Å². The van der Waals surface area contributed by atoms with Gasteiger partial charge >= 0.3 is 5.97 Å². The Kier molecular flexibility index (Phi) is 5.13. The predicted molar refractivity (Wildman–Crippen MR) is 76.0 cm³/mol. The Balaban J connectivity index is 2.10. The van der Waals surface area contributed by atoms with E-state index in [1.165, 1.54) is 6.42 Å². The second kappa shape index (κ2) is 6.64. The molecule has 2 fully saturated rings. The van der Waals surface area contributed by atoms with Crippen molar-refractivity contribution in [2.45, 2.75) is 63.3 Å². The summed E-state index contributed by atoms with van der Waals surface area (Å²) in [6.07, 6.45) is 7.17. The number of carbonyl (C=O) groups excluding carboxylic acids is 1. The predicted octanol–water partition coefficient (Wildman–Crippen LogP) is 2.72. The van der Waals surface area contributed by atoms with Crippen LogP contribution >= 0.6 is 11.8 Å². The van der Waals surface area contributed by atoms with Crippen LogP contribution in [0.5, 0.6) is 0 Å². The SMILES string of the molecule is CCCC1SCC(C(=O)O)N1C(=O)C1CCCCC1. The van der Waals surface area contributed by atoms with Gasteiger partial charge < -0.3 is 10.0 Å². The number of carboxylic acids is 1. The van der Waals surface area contributed by atoms with E-state index in [-0.39, 0.29) is 17.2 Å². The zero-order valence-electron chi connectivity index (χ0n) is 11.5. The van der Waals surface area contributed by atoms with Gasteiger partial charge in [0, 0.05) is 11.7 Å². The quantitative estimate of drug-likeness (QED) is 0.863. The smallest absolute Gasteiger partial charge is 0.327 e. The first kappa shape index (κ1) is 14.7. The number of thioether (sulfide) groups is 1. The third-order valence-corrected chi connectivity index (χ3v) is 5.48. The average molecular weight is 285 g/mol. The van der Waals surface area contributed by atoms with Crippen LogP contribution in [0.15, 0.2) is 0 Å². The molecule has 1 aliphatic heterocycles. The van der Waals surface area contributed by atoms with Gasteiger partial charge in [0.2, 0.25) is 5.91 Å². The van der Waals surface area contributed by atoms with Crippen molar-refractivity contribution in [2.75, 3.05) is 5.75 Å². The summed E-state index contributed by atoms with van der Waals surface area (Å²) in [4.78, 5) is 25.7. The molecule has 1 saturated carbocycles. The monoisotopic (exact) mass is 285 g/mol. The molecule has 2 unspecified atom stereocenters. The standard InChI is InChI=1S/C14H23NO3S/c1-2-6-12-15(11(9-19-12)14(17)18)13(16)10-7-4-3-5-8-10/h10-12H,2-9H2,1H3,(H,17,18). The van der Waals surface area contributed by atoms with E-state index in [0.717, 1.165) is 38.5 Å². The van der Waals surface area contributed by atoms with Gasteiger partial charge in [-0.25, -0.2) is 4.79 Å². The number of aliphatic carboxylic acids is 1. The van der Waals surface area contributed by atoms with Gasteiger partial charge in [0.25, 0.3) is 0 Å². The molecule has 0 aromatic rings. The first-order chi connectivity index (χ1) is 9.15. The van der Waals surface area contributed by atoms with Crippen LogP contribution < -0.4 is 0 Å². The lowest BCUT2D eigenvalue weighted by atomic mass is 9.88. The van der Waals surface area contributed by atoms with E-state index in [1.54, 1.807) is 16.7 Å². The molecule has 1 saturated heterocycles. The maximum atomic E-state index is 12.6. The van der Waals surface area contributed by atoms with Crippen molar-refractivity contribution in [3.8, 4) is 0 Å². The van der Waals surface area contributed by atoms with Gasteiger partial charge in [-0.3, -0.25) is 4.79 Å². The summed E-state index contributed by atoms with van der Waals surface area (Å²) in [5, 5.41) is 9.38. The highest BCUT2D eigenvalue weighted by Crippen LogP contribution is 2.36. The molecule has 1 N–H and O–H groups in total. The minimum atomic E-state index is -0.852. The van der Waals surface area contributed by atoms with Crippen molar-refractivity contribution in [1.29, 1.82) is 0 Å². The molecule has 0 aromatic carbocycles. The minimum Gasteiger partial charge on any atom is -0.480 e. The van der Waals surface area contributed by atoms with E-state index >= 15 is 0 Å². The zero-order valence-corrected chi connectivity index (χ0v) is 12.3. The van der Waals surface area contributed by atoms with Crippen LogP contribution in [0, 0.1) is 5.92 Å². The first-order valence-electron chi connectivity index (χ1n) is 7.31. The van der Waals surface area contributed by atoms with E-state index < -0.39 is 12.0 Å². The zero-order chi connectivity index (χ0) is 13.8. The number of carbonyl (C=O) groups is 2. The maximum absolute atomic E-state index is 12.6. The summed E-state index contributed by atoms with van der Waals surface area (Å²) in [5.74, 6) is -0.155. The molecular weight excluding hydrogens is 262 g/mol. The molecule has 0 spiro atoms. The van der Waals surface area contributed by atoms with E-state index in [0.29, 0.717) is 5.75 Å². The van der Waals surface area contributed by atoms with Crippen molar-refractivity contribution >= 4 is 23.6 Å². The average Bonchev–Trinajstić information content (AvgIpc) is 2.83. The molecule has 1 aliphatic carbocycles. The summed E-state index contributed by atoms with van der Waals surface area (Å²) in [6.45, 7) is 2.08. The largest absolute Gasteiger partial charge is 0.480 e. The van der Waals surface area contributed by atoms with Crippen LogP contribution in [-0.2, 0) is 9.59 Å². The normalized spacial score (nSPS) is 28.6.